The van der Waals surface area contributed by atoms with Crippen molar-refractivity contribution in [1.82, 2.24) is 14.9 Å². The largest absolute Gasteiger partial charge is 0.365 e. The van der Waals surface area contributed by atoms with E-state index < -0.39 is 12.0 Å². The van der Waals surface area contributed by atoms with Crippen LogP contribution in [0.2, 0.25) is 0 Å². The van der Waals surface area contributed by atoms with Crippen LogP contribution in [0.1, 0.15) is 43.7 Å². The summed E-state index contributed by atoms with van der Waals surface area (Å²) >= 11 is 0. The summed E-state index contributed by atoms with van der Waals surface area (Å²) in [4.78, 5) is 25.0. The molecule has 142 valence electrons. The monoisotopic (exact) mass is 366 g/mol. The fraction of sp³-hybridized carbons (Fsp3) is 0.722. The lowest BCUT2D eigenvalue weighted by Crippen LogP contribution is -2.53. The predicted molar refractivity (Wildman–Crippen MR) is 91.3 cm³/mol. The van der Waals surface area contributed by atoms with E-state index in [0.717, 1.165) is 11.5 Å². The molecule has 6 nitrogen and oxygen atoms in total. The van der Waals surface area contributed by atoms with Crippen LogP contribution in [-0.4, -0.2) is 65.6 Å². The van der Waals surface area contributed by atoms with Crippen LogP contribution in [0.25, 0.3) is 0 Å². The second-order valence-electron chi connectivity index (χ2n) is 7.42. The van der Waals surface area contributed by atoms with Crippen LogP contribution in [-0.2, 0) is 9.53 Å². The quantitative estimate of drug-likeness (QED) is 0.821. The lowest BCUT2D eigenvalue weighted by atomic mass is 9.83. The highest BCUT2D eigenvalue weighted by Crippen LogP contribution is 2.36. The average molecular weight is 366 g/mol. The molecular weight excluding hydrogens is 342 g/mol. The molecule has 0 N–H and O–H groups in total. The van der Waals surface area contributed by atoms with Gasteiger partial charge < -0.3 is 14.5 Å². The Morgan fingerprint density at radius 1 is 1.19 bits per heavy atom. The summed E-state index contributed by atoms with van der Waals surface area (Å²) in [5.74, 6) is -1.52. The minimum absolute atomic E-state index is 0.0883. The summed E-state index contributed by atoms with van der Waals surface area (Å²) < 4.78 is 32.3. The van der Waals surface area contributed by atoms with Gasteiger partial charge in [-0.25, -0.2) is 18.7 Å². The van der Waals surface area contributed by atoms with Crippen molar-refractivity contribution >= 4 is 11.7 Å². The van der Waals surface area contributed by atoms with E-state index in [0.29, 0.717) is 25.6 Å². The van der Waals surface area contributed by atoms with Crippen molar-refractivity contribution in [1.29, 1.82) is 0 Å². The number of piperidine rings is 1. The first kappa shape index (κ1) is 17.6. The van der Waals surface area contributed by atoms with Gasteiger partial charge in [0.1, 0.15) is 12.1 Å². The number of hydrogen-bond donors (Lipinski definition) is 0. The minimum Gasteiger partial charge on any atom is -0.365 e. The predicted octanol–water partition coefficient (Wildman–Crippen LogP) is 2.21. The zero-order valence-electron chi connectivity index (χ0n) is 14.7. The lowest BCUT2D eigenvalue weighted by molar-refractivity contribution is -0.150. The molecule has 0 bridgehead atoms. The Hall–Kier alpha value is -1.83. The van der Waals surface area contributed by atoms with E-state index in [1.54, 1.807) is 6.33 Å². The molecule has 4 rings (SSSR count). The highest BCUT2D eigenvalue weighted by atomic mass is 19.3. The first-order valence-electron chi connectivity index (χ1n) is 9.37. The minimum atomic E-state index is -2.66. The Morgan fingerprint density at radius 2 is 1.96 bits per heavy atom. The van der Waals surface area contributed by atoms with Gasteiger partial charge in [0.25, 0.3) is 11.8 Å². The number of hydrogen-bond acceptors (Lipinski definition) is 5. The van der Waals surface area contributed by atoms with Gasteiger partial charge >= 0.3 is 0 Å². The molecular formula is C18H24F2N4O2. The number of aromatic nitrogens is 2. The molecule has 1 atom stereocenters. The van der Waals surface area contributed by atoms with Crippen molar-refractivity contribution in [2.24, 2.45) is 0 Å². The molecule has 8 heteroatoms. The number of morpholine rings is 1. The third-order valence-corrected chi connectivity index (χ3v) is 5.67. The lowest BCUT2D eigenvalue weighted by Gasteiger charge is -2.38. The summed E-state index contributed by atoms with van der Waals surface area (Å²) in [6.07, 6.45) is 3.99. The van der Waals surface area contributed by atoms with Crippen LogP contribution in [0.3, 0.4) is 0 Å². The van der Waals surface area contributed by atoms with Gasteiger partial charge in [0.05, 0.1) is 13.2 Å². The van der Waals surface area contributed by atoms with Crippen molar-refractivity contribution < 1.29 is 18.3 Å². The van der Waals surface area contributed by atoms with E-state index in [1.165, 1.54) is 24.2 Å². The van der Waals surface area contributed by atoms with Gasteiger partial charge in [-0.2, -0.15) is 0 Å². The van der Waals surface area contributed by atoms with Crippen molar-refractivity contribution in [3.8, 4) is 0 Å². The molecule has 1 aromatic rings. The van der Waals surface area contributed by atoms with Crippen LogP contribution >= 0.6 is 0 Å². The molecule has 3 aliphatic rings. The molecule has 26 heavy (non-hydrogen) atoms. The molecule has 1 saturated carbocycles. The zero-order chi connectivity index (χ0) is 18.1. The fourth-order valence-corrected chi connectivity index (χ4v) is 3.73. The maximum absolute atomic E-state index is 13.3. The molecule has 1 amide bonds. The molecule has 2 saturated heterocycles. The molecule has 3 heterocycles. The number of amides is 1. The Balaban J connectivity index is 1.40. The first-order valence-corrected chi connectivity index (χ1v) is 9.37. The van der Waals surface area contributed by atoms with Gasteiger partial charge in [-0.15, -0.1) is 0 Å². The van der Waals surface area contributed by atoms with Gasteiger partial charge in [0.15, 0.2) is 6.10 Å². The van der Waals surface area contributed by atoms with Crippen LogP contribution in [0, 0.1) is 0 Å². The second-order valence-corrected chi connectivity index (χ2v) is 7.42. The molecule has 3 fully saturated rings. The molecule has 1 unspecified atom stereocenters. The number of carbonyl (C=O) groups excluding carboxylic acids is 1. The number of carbonyl (C=O) groups is 1. The van der Waals surface area contributed by atoms with Gasteiger partial charge in [-0.05, 0) is 12.8 Å². The van der Waals surface area contributed by atoms with Crippen LogP contribution in [0.15, 0.2) is 12.4 Å². The third kappa shape index (κ3) is 3.65. The maximum Gasteiger partial charge on any atom is 0.253 e. The molecule has 0 aromatic carbocycles. The van der Waals surface area contributed by atoms with Crippen molar-refractivity contribution in [3.63, 3.8) is 0 Å². The van der Waals surface area contributed by atoms with Gasteiger partial charge in [-0.1, -0.05) is 6.42 Å². The summed E-state index contributed by atoms with van der Waals surface area (Å²) in [7, 11) is 0. The summed E-state index contributed by atoms with van der Waals surface area (Å²) in [6.45, 7) is 1.65. The summed E-state index contributed by atoms with van der Waals surface area (Å²) in [5, 5.41) is 0. The van der Waals surface area contributed by atoms with E-state index >= 15 is 0 Å². The maximum atomic E-state index is 13.3. The molecule has 1 aromatic heterocycles. The van der Waals surface area contributed by atoms with E-state index in [1.807, 2.05) is 11.0 Å². The number of likely N-dealkylation sites (tertiary alicyclic amines) is 1. The molecule has 2 aliphatic heterocycles. The SMILES string of the molecule is O=C(C1CN(c2cc(C3CCC3)ncn2)CCO1)N1CCC(F)(F)CC1. The molecule has 1 aliphatic carbocycles. The number of anilines is 1. The summed E-state index contributed by atoms with van der Waals surface area (Å²) in [6, 6.07) is 2.01. The Kier molecular flexibility index (Phi) is 4.77. The highest BCUT2D eigenvalue weighted by molar-refractivity contribution is 5.82. The normalized spacial score (nSPS) is 26.5. The standard InChI is InChI=1S/C18H24F2N4O2/c19-18(20)4-6-23(7-5-18)17(25)15-11-24(8-9-26-15)16-10-14(21-12-22-16)13-2-1-3-13/h10,12-13,15H,1-9,11H2. The zero-order valence-corrected chi connectivity index (χ0v) is 14.7. The number of halogens is 2. The molecule has 0 spiro atoms. The van der Waals surface area contributed by atoms with Crippen molar-refractivity contribution in [2.45, 2.75) is 50.0 Å². The first-order chi connectivity index (χ1) is 12.5. The number of alkyl halides is 2. The smallest absolute Gasteiger partial charge is 0.253 e. The van der Waals surface area contributed by atoms with Gasteiger partial charge in [-0.3, -0.25) is 4.79 Å². The highest BCUT2D eigenvalue weighted by Gasteiger charge is 2.38. The van der Waals surface area contributed by atoms with E-state index in [-0.39, 0.29) is 31.8 Å². The molecule has 0 radical (unpaired) electrons. The van der Waals surface area contributed by atoms with Crippen LogP contribution in [0.5, 0.6) is 0 Å². The second kappa shape index (κ2) is 7.06. The Morgan fingerprint density at radius 3 is 2.65 bits per heavy atom. The average Bonchev–Trinajstić information content (AvgIpc) is 2.60. The van der Waals surface area contributed by atoms with Crippen molar-refractivity contribution in [3.05, 3.63) is 18.1 Å². The summed E-state index contributed by atoms with van der Waals surface area (Å²) in [5.41, 5.74) is 1.06. The van der Waals surface area contributed by atoms with Gasteiger partial charge in [0, 0.05) is 50.2 Å². The van der Waals surface area contributed by atoms with Crippen LogP contribution in [0.4, 0.5) is 14.6 Å². The topological polar surface area (TPSA) is 58.6 Å². The number of nitrogens with zero attached hydrogens (tertiary/aromatic N) is 4. The Bertz CT molecular complexity index is 658. The van der Waals surface area contributed by atoms with Gasteiger partial charge in [0.2, 0.25) is 0 Å². The van der Waals surface area contributed by atoms with E-state index in [2.05, 4.69) is 9.97 Å². The number of ether oxygens (including phenoxy) is 1. The van der Waals surface area contributed by atoms with Crippen LogP contribution < -0.4 is 4.90 Å². The fourth-order valence-electron chi connectivity index (χ4n) is 3.73. The third-order valence-electron chi connectivity index (χ3n) is 5.67. The van der Waals surface area contributed by atoms with E-state index in [9.17, 15) is 13.6 Å². The van der Waals surface area contributed by atoms with Crippen molar-refractivity contribution in [2.75, 3.05) is 37.7 Å². The van der Waals surface area contributed by atoms with E-state index in [4.69, 9.17) is 4.74 Å². The number of rotatable bonds is 3. The Labute approximate surface area is 151 Å².